The fourth-order valence-electron chi connectivity index (χ4n) is 1.55. The first-order valence-corrected chi connectivity index (χ1v) is 10.8. The van der Waals surface area contributed by atoms with Crippen molar-refractivity contribution in [2.45, 2.75) is 26.3 Å². The maximum Gasteiger partial charge on any atom is 0.523 e. The molecule has 0 aromatic rings. The quantitative estimate of drug-likeness (QED) is 0.714. The van der Waals surface area contributed by atoms with Crippen LogP contribution >= 0.6 is 22.1 Å². The molecule has 4 nitrogen and oxygen atoms in total. The van der Waals surface area contributed by atoms with Crippen LogP contribution in [0.5, 0.6) is 0 Å². The summed E-state index contributed by atoms with van der Waals surface area (Å²) in [6.45, 7) is 4.95. The lowest BCUT2D eigenvalue weighted by Crippen LogP contribution is -2.36. The number of thioether (sulfide) groups is 1. The molecule has 1 heterocycles. The van der Waals surface area contributed by atoms with Gasteiger partial charge in [-0.05, 0) is 0 Å². The van der Waals surface area contributed by atoms with Gasteiger partial charge in [-0.3, -0.25) is 4.79 Å². The highest BCUT2D eigenvalue weighted by molar-refractivity contribution is 8.34. The standard InChI is InChI=1S/C11H19F3O4S3/c1-10(2,3)9(15)8-20(6-4-19-5-7-20)18-21(16,17)11(12,13)14/h4-8H2,1-3H3. The predicted molar refractivity (Wildman–Crippen MR) is 80.0 cm³/mol. The smallest absolute Gasteiger partial charge is 0.298 e. The number of carbonyl (C=O) groups excluding carboxylic acids is 1. The number of halogens is 3. The second-order valence-corrected chi connectivity index (χ2v) is 11.9. The first-order valence-electron chi connectivity index (χ1n) is 6.19. The topological polar surface area (TPSA) is 60.4 Å². The second-order valence-electron chi connectivity index (χ2n) is 5.77. The summed E-state index contributed by atoms with van der Waals surface area (Å²) in [4.78, 5) is 12.1. The van der Waals surface area contributed by atoms with E-state index in [1.165, 1.54) is 11.8 Å². The van der Waals surface area contributed by atoms with Crippen molar-refractivity contribution < 1.29 is 30.0 Å². The van der Waals surface area contributed by atoms with E-state index in [2.05, 4.69) is 3.63 Å². The Morgan fingerprint density at radius 2 is 1.67 bits per heavy atom. The van der Waals surface area contributed by atoms with Crippen LogP contribution in [0.25, 0.3) is 0 Å². The highest BCUT2D eigenvalue weighted by Gasteiger charge is 2.51. The van der Waals surface area contributed by atoms with Crippen molar-refractivity contribution in [2.75, 3.05) is 28.8 Å². The number of alkyl halides is 3. The Labute approximate surface area is 128 Å². The van der Waals surface area contributed by atoms with Gasteiger partial charge in [-0.1, -0.05) is 20.8 Å². The summed E-state index contributed by atoms with van der Waals surface area (Å²) >= 11 is 1.52. The Kier molecular flexibility index (Phi) is 5.72. The van der Waals surface area contributed by atoms with Crippen molar-refractivity contribution in [1.29, 1.82) is 0 Å². The van der Waals surface area contributed by atoms with Gasteiger partial charge in [0.25, 0.3) is 0 Å². The molecule has 0 spiro atoms. The van der Waals surface area contributed by atoms with Crippen molar-refractivity contribution in [2.24, 2.45) is 5.41 Å². The maximum absolute atomic E-state index is 12.5. The number of ketones is 1. The van der Waals surface area contributed by atoms with Gasteiger partial charge in [-0.15, -0.1) is 10.3 Å². The second kappa shape index (κ2) is 6.29. The average molecular weight is 368 g/mol. The molecular formula is C11H19F3O4S3. The molecule has 0 atom stereocenters. The summed E-state index contributed by atoms with van der Waals surface area (Å²) in [6.07, 6.45) is 0. The summed E-state index contributed by atoms with van der Waals surface area (Å²) in [5.41, 5.74) is -6.20. The van der Waals surface area contributed by atoms with Crippen LogP contribution in [-0.4, -0.2) is 48.5 Å². The number of rotatable bonds is 4. The van der Waals surface area contributed by atoms with E-state index in [0.717, 1.165) is 0 Å². The van der Waals surface area contributed by atoms with Crippen molar-refractivity contribution in [3.8, 4) is 0 Å². The zero-order valence-electron chi connectivity index (χ0n) is 12.0. The van der Waals surface area contributed by atoms with Crippen LogP contribution in [0.15, 0.2) is 0 Å². The third-order valence-corrected chi connectivity index (χ3v) is 9.57. The molecule has 21 heavy (non-hydrogen) atoms. The Hall–Kier alpha value is 0.0700. The summed E-state index contributed by atoms with van der Waals surface area (Å²) in [7, 11) is -8.27. The zero-order chi connectivity index (χ0) is 16.5. The SMILES string of the molecule is CC(C)(C)C(=O)CS1(OS(=O)(=O)C(F)(F)F)CCSCC1. The molecule has 1 fully saturated rings. The molecule has 0 bridgehead atoms. The van der Waals surface area contributed by atoms with E-state index in [0.29, 0.717) is 11.5 Å². The predicted octanol–water partition coefficient (Wildman–Crippen LogP) is 2.93. The molecule has 0 amide bonds. The Morgan fingerprint density at radius 3 is 2.05 bits per heavy atom. The van der Waals surface area contributed by atoms with Crippen LogP contribution in [0.4, 0.5) is 13.2 Å². The van der Waals surface area contributed by atoms with Gasteiger partial charge in [-0.2, -0.15) is 33.4 Å². The molecule has 0 aromatic carbocycles. The molecule has 0 unspecified atom stereocenters. The molecule has 0 aliphatic carbocycles. The van der Waals surface area contributed by atoms with Crippen LogP contribution in [-0.2, 0) is 18.5 Å². The van der Waals surface area contributed by atoms with Crippen LogP contribution < -0.4 is 0 Å². The van der Waals surface area contributed by atoms with E-state index in [1.54, 1.807) is 20.8 Å². The van der Waals surface area contributed by atoms with E-state index in [1.807, 2.05) is 0 Å². The highest BCUT2D eigenvalue weighted by Crippen LogP contribution is 2.55. The Bertz CT molecular complexity index is 488. The van der Waals surface area contributed by atoms with Gasteiger partial charge in [0, 0.05) is 28.4 Å². The van der Waals surface area contributed by atoms with Gasteiger partial charge < -0.3 is 0 Å². The van der Waals surface area contributed by atoms with Crippen LogP contribution in [0, 0.1) is 5.41 Å². The fourth-order valence-corrected chi connectivity index (χ4v) is 9.09. The van der Waals surface area contributed by atoms with Crippen LogP contribution in [0.1, 0.15) is 20.8 Å². The van der Waals surface area contributed by atoms with Crippen LogP contribution in [0.2, 0.25) is 0 Å². The molecule has 1 saturated heterocycles. The summed E-state index contributed by atoms with van der Waals surface area (Å²) in [6, 6.07) is 0. The van der Waals surface area contributed by atoms with Crippen molar-refractivity contribution in [1.82, 2.24) is 0 Å². The van der Waals surface area contributed by atoms with E-state index in [4.69, 9.17) is 0 Å². The average Bonchev–Trinajstić information content (AvgIpc) is 2.26. The largest absolute Gasteiger partial charge is 0.523 e. The Balaban J connectivity index is 3.03. The monoisotopic (exact) mass is 368 g/mol. The molecule has 10 heteroatoms. The minimum Gasteiger partial charge on any atom is -0.298 e. The number of hydrogen-bond donors (Lipinski definition) is 0. The Morgan fingerprint density at radius 1 is 1.19 bits per heavy atom. The lowest BCUT2D eigenvalue weighted by atomic mass is 9.92. The molecule has 1 aliphatic heterocycles. The molecule has 1 rings (SSSR count). The van der Waals surface area contributed by atoms with Gasteiger partial charge in [0.2, 0.25) is 0 Å². The minimum atomic E-state index is -5.67. The molecule has 0 N–H and O–H groups in total. The molecular weight excluding hydrogens is 349 g/mol. The fraction of sp³-hybridized carbons (Fsp3) is 0.909. The van der Waals surface area contributed by atoms with Gasteiger partial charge in [0.15, 0.2) is 0 Å². The third kappa shape index (κ3) is 5.04. The van der Waals surface area contributed by atoms with E-state index in [-0.39, 0.29) is 23.0 Å². The highest BCUT2D eigenvalue weighted by atomic mass is 32.3. The van der Waals surface area contributed by atoms with Gasteiger partial charge >= 0.3 is 15.6 Å². The van der Waals surface area contributed by atoms with E-state index in [9.17, 15) is 26.4 Å². The lowest BCUT2D eigenvalue weighted by Gasteiger charge is -2.41. The summed E-state index contributed by atoms with van der Waals surface area (Å²) in [5, 5.41) is 0. The van der Waals surface area contributed by atoms with Crippen molar-refractivity contribution in [3.05, 3.63) is 0 Å². The number of hydrogen-bond acceptors (Lipinski definition) is 5. The third-order valence-electron chi connectivity index (χ3n) is 2.95. The number of Topliss-reactive ketones (excluding diaryl/α,β-unsaturated/α-hetero) is 1. The molecule has 1 aliphatic rings. The summed E-state index contributed by atoms with van der Waals surface area (Å²) in [5.74, 6) is 0.859. The minimum absolute atomic E-state index is 0.189. The van der Waals surface area contributed by atoms with Gasteiger partial charge in [0.05, 0.1) is 5.75 Å². The zero-order valence-corrected chi connectivity index (χ0v) is 14.5. The van der Waals surface area contributed by atoms with E-state index >= 15 is 0 Å². The first-order chi connectivity index (χ1) is 9.29. The van der Waals surface area contributed by atoms with Gasteiger partial charge in [0.1, 0.15) is 5.78 Å². The maximum atomic E-state index is 12.5. The molecule has 0 saturated carbocycles. The first kappa shape index (κ1) is 19.1. The normalized spacial score (nSPS) is 21.8. The molecule has 0 radical (unpaired) electrons. The lowest BCUT2D eigenvalue weighted by molar-refractivity contribution is -0.123. The number of carbonyl (C=O) groups is 1. The molecule has 0 aromatic heterocycles. The molecule has 126 valence electrons. The summed E-state index contributed by atoms with van der Waals surface area (Å²) < 4.78 is 64.8. The van der Waals surface area contributed by atoms with Crippen LogP contribution in [0.3, 0.4) is 0 Å². The van der Waals surface area contributed by atoms with Gasteiger partial charge in [-0.25, -0.2) is 3.63 Å². The van der Waals surface area contributed by atoms with E-state index < -0.39 is 31.4 Å². The van der Waals surface area contributed by atoms with Crippen molar-refractivity contribution in [3.63, 3.8) is 0 Å². The van der Waals surface area contributed by atoms with Crippen molar-refractivity contribution >= 4 is 38.0 Å².